The van der Waals surface area contributed by atoms with Crippen LogP contribution in [-0.4, -0.2) is 39.1 Å². The molecular formula is C19H27N7. The van der Waals surface area contributed by atoms with Gasteiger partial charge in [-0.15, -0.1) is 0 Å². The topological polar surface area (TPSA) is 102 Å². The zero-order valence-corrected chi connectivity index (χ0v) is 15.3. The second-order valence-electron chi connectivity index (χ2n) is 7.47. The second-order valence-corrected chi connectivity index (χ2v) is 7.47. The molecule has 0 amide bonds. The van der Waals surface area contributed by atoms with E-state index in [1.165, 1.54) is 12.8 Å². The molecule has 26 heavy (non-hydrogen) atoms. The second kappa shape index (κ2) is 7.53. The van der Waals surface area contributed by atoms with Gasteiger partial charge >= 0.3 is 0 Å². The molecule has 7 nitrogen and oxygen atoms in total. The zero-order chi connectivity index (χ0) is 17.9. The van der Waals surface area contributed by atoms with Crippen molar-refractivity contribution in [1.82, 2.24) is 19.9 Å². The zero-order valence-electron chi connectivity index (χ0n) is 15.3. The van der Waals surface area contributed by atoms with Crippen molar-refractivity contribution in [3.63, 3.8) is 0 Å². The first kappa shape index (κ1) is 17.1. The molecule has 2 aromatic rings. The van der Waals surface area contributed by atoms with Crippen molar-refractivity contribution in [3.05, 3.63) is 24.2 Å². The van der Waals surface area contributed by atoms with Crippen molar-refractivity contribution >= 4 is 11.9 Å². The summed E-state index contributed by atoms with van der Waals surface area (Å²) in [6.07, 6.45) is 11.5. The SMILES string of the molecule is CNc1ncc(-c2ccnc(NC3CCC(N)CC3)n2)c(CC2CC2)n1. The Hall–Kier alpha value is -2.28. The van der Waals surface area contributed by atoms with E-state index in [4.69, 9.17) is 10.7 Å². The molecule has 7 heteroatoms. The third-order valence-electron chi connectivity index (χ3n) is 5.31. The van der Waals surface area contributed by atoms with Gasteiger partial charge in [-0.1, -0.05) is 0 Å². The average Bonchev–Trinajstić information content (AvgIpc) is 3.48. The molecule has 2 fully saturated rings. The molecule has 2 saturated carbocycles. The lowest BCUT2D eigenvalue weighted by atomic mass is 9.92. The summed E-state index contributed by atoms with van der Waals surface area (Å²) in [5.74, 6) is 2.09. The third-order valence-corrected chi connectivity index (χ3v) is 5.31. The van der Waals surface area contributed by atoms with Gasteiger partial charge < -0.3 is 16.4 Å². The number of aromatic nitrogens is 4. The van der Waals surface area contributed by atoms with E-state index < -0.39 is 0 Å². The predicted octanol–water partition coefficient (Wildman–Crippen LogP) is 2.61. The highest BCUT2D eigenvalue weighted by atomic mass is 15.1. The van der Waals surface area contributed by atoms with Crippen LogP contribution in [0.25, 0.3) is 11.3 Å². The van der Waals surface area contributed by atoms with Gasteiger partial charge in [-0.05, 0) is 56.9 Å². The van der Waals surface area contributed by atoms with Gasteiger partial charge in [0, 0.05) is 37.1 Å². The lowest BCUT2D eigenvalue weighted by Gasteiger charge is -2.26. The molecule has 4 N–H and O–H groups in total. The number of rotatable bonds is 6. The summed E-state index contributed by atoms with van der Waals surface area (Å²) >= 11 is 0. The normalized spacial score (nSPS) is 22.8. The molecule has 0 bridgehead atoms. The highest BCUT2D eigenvalue weighted by Gasteiger charge is 2.25. The summed E-state index contributed by atoms with van der Waals surface area (Å²) < 4.78 is 0. The Kier molecular flexibility index (Phi) is 4.97. The minimum absolute atomic E-state index is 0.341. The van der Waals surface area contributed by atoms with Gasteiger partial charge in [-0.25, -0.2) is 19.9 Å². The van der Waals surface area contributed by atoms with Crippen molar-refractivity contribution in [2.45, 2.75) is 57.0 Å². The lowest BCUT2D eigenvalue weighted by Crippen LogP contribution is -2.33. The number of hydrogen-bond donors (Lipinski definition) is 3. The molecule has 2 heterocycles. The van der Waals surface area contributed by atoms with Crippen LogP contribution in [0.2, 0.25) is 0 Å². The first-order chi connectivity index (χ1) is 12.7. The molecule has 0 aromatic carbocycles. The molecule has 2 aromatic heterocycles. The first-order valence-corrected chi connectivity index (χ1v) is 9.60. The number of nitrogens with zero attached hydrogens (tertiary/aromatic N) is 4. The average molecular weight is 353 g/mol. The molecule has 0 aliphatic heterocycles. The molecule has 0 atom stereocenters. The van der Waals surface area contributed by atoms with Crippen LogP contribution in [0.4, 0.5) is 11.9 Å². The molecular weight excluding hydrogens is 326 g/mol. The van der Waals surface area contributed by atoms with Gasteiger partial charge in [-0.3, -0.25) is 0 Å². The van der Waals surface area contributed by atoms with Crippen LogP contribution in [0.1, 0.15) is 44.2 Å². The van der Waals surface area contributed by atoms with Gasteiger partial charge in [0.2, 0.25) is 11.9 Å². The minimum atomic E-state index is 0.341. The summed E-state index contributed by atoms with van der Waals surface area (Å²) in [5.41, 5.74) is 8.96. The van der Waals surface area contributed by atoms with E-state index in [1.54, 1.807) is 0 Å². The fourth-order valence-corrected chi connectivity index (χ4v) is 3.53. The highest BCUT2D eigenvalue weighted by Crippen LogP contribution is 2.35. The summed E-state index contributed by atoms with van der Waals surface area (Å²) in [6.45, 7) is 0. The highest BCUT2D eigenvalue weighted by molar-refractivity contribution is 5.63. The van der Waals surface area contributed by atoms with E-state index >= 15 is 0 Å². The van der Waals surface area contributed by atoms with E-state index in [0.29, 0.717) is 24.0 Å². The Bertz CT molecular complexity index is 751. The van der Waals surface area contributed by atoms with Gasteiger partial charge in [-0.2, -0.15) is 0 Å². The van der Waals surface area contributed by atoms with Gasteiger partial charge in [0.1, 0.15) is 0 Å². The van der Waals surface area contributed by atoms with Crippen LogP contribution in [-0.2, 0) is 6.42 Å². The Balaban J connectivity index is 1.55. The smallest absolute Gasteiger partial charge is 0.223 e. The molecule has 0 radical (unpaired) electrons. The number of hydrogen-bond acceptors (Lipinski definition) is 7. The number of nitrogens with two attached hydrogens (primary N) is 1. The maximum absolute atomic E-state index is 6.00. The van der Waals surface area contributed by atoms with Crippen molar-refractivity contribution < 1.29 is 0 Å². The van der Waals surface area contributed by atoms with Crippen LogP contribution in [0.15, 0.2) is 18.5 Å². The fourth-order valence-electron chi connectivity index (χ4n) is 3.53. The van der Waals surface area contributed by atoms with Crippen LogP contribution in [0.5, 0.6) is 0 Å². The summed E-state index contributed by atoms with van der Waals surface area (Å²) in [4.78, 5) is 18.2. The Morgan fingerprint density at radius 1 is 1.04 bits per heavy atom. The van der Waals surface area contributed by atoms with E-state index in [0.717, 1.165) is 55.0 Å². The maximum atomic E-state index is 6.00. The van der Waals surface area contributed by atoms with E-state index in [1.807, 2.05) is 25.5 Å². The van der Waals surface area contributed by atoms with E-state index in [9.17, 15) is 0 Å². The van der Waals surface area contributed by atoms with Gasteiger partial charge in [0.05, 0.1) is 11.4 Å². The standard InChI is InChI=1S/C19H27N7/c1-21-18-23-11-15(17(26-18)10-12-2-3-12)16-8-9-22-19(25-16)24-14-6-4-13(20)5-7-14/h8-9,11-14H,2-7,10,20H2,1H3,(H,21,23,26)(H,22,24,25). The summed E-state index contributed by atoms with van der Waals surface area (Å²) in [6, 6.07) is 2.68. The van der Waals surface area contributed by atoms with Gasteiger partial charge in [0.15, 0.2) is 0 Å². The Morgan fingerprint density at radius 3 is 2.58 bits per heavy atom. The fraction of sp³-hybridized carbons (Fsp3) is 0.579. The molecule has 0 unspecified atom stereocenters. The number of anilines is 2. The molecule has 0 saturated heterocycles. The van der Waals surface area contributed by atoms with Crippen LogP contribution in [0.3, 0.4) is 0 Å². The number of nitrogens with one attached hydrogen (secondary N) is 2. The van der Waals surface area contributed by atoms with Crippen LogP contribution in [0, 0.1) is 5.92 Å². The van der Waals surface area contributed by atoms with Crippen molar-refractivity contribution in [3.8, 4) is 11.3 Å². The first-order valence-electron chi connectivity index (χ1n) is 9.60. The molecule has 138 valence electrons. The quantitative estimate of drug-likeness (QED) is 0.733. The molecule has 0 spiro atoms. The largest absolute Gasteiger partial charge is 0.357 e. The van der Waals surface area contributed by atoms with Crippen LogP contribution < -0.4 is 16.4 Å². The monoisotopic (exact) mass is 353 g/mol. The van der Waals surface area contributed by atoms with Gasteiger partial charge in [0.25, 0.3) is 0 Å². The van der Waals surface area contributed by atoms with Crippen molar-refractivity contribution in [2.24, 2.45) is 11.7 Å². The van der Waals surface area contributed by atoms with Crippen LogP contribution >= 0.6 is 0 Å². The minimum Gasteiger partial charge on any atom is -0.357 e. The Morgan fingerprint density at radius 2 is 1.85 bits per heavy atom. The summed E-state index contributed by atoms with van der Waals surface area (Å²) in [7, 11) is 1.85. The third kappa shape index (κ3) is 4.09. The molecule has 4 rings (SSSR count). The van der Waals surface area contributed by atoms with Crippen molar-refractivity contribution in [2.75, 3.05) is 17.7 Å². The molecule has 2 aliphatic rings. The summed E-state index contributed by atoms with van der Waals surface area (Å²) in [5, 5.41) is 6.51. The van der Waals surface area contributed by atoms with Crippen molar-refractivity contribution in [1.29, 1.82) is 0 Å². The van der Waals surface area contributed by atoms with E-state index in [2.05, 4.69) is 25.6 Å². The lowest BCUT2D eigenvalue weighted by molar-refractivity contribution is 0.410. The van der Waals surface area contributed by atoms with E-state index in [-0.39, 0.29) is 0 Å². The molecule has 2 aliphatic carbocycles. The predicted molar refractivity (Wildman–Crippen MR) is 103 cm³/mol. The Labute approximate surface area is 154 Å². The maximum Gasteiger partial charge on any atom is 0.223 e.